The maximum absolute atomic E-state index is 12.7. The van der Waals surface area contributed by atoms with E-state index in [0.717, 1.165) is 17.5 Å². The Labute approximate surface area is 131 Å². The average Bonchev–Trinajstić information content (AvgIpc) is 2.87. The van der Waals surface area contributed by atoms with Crippen LogP contribution in [0.5, 0.6) is 6.01 Å². The van der Waals surface area contributed by atoms with Crippen LogP contribution in [0.4, 0.5) is 0 Å². The normalized spacial score (nSPS) is 11.5. The van der Waals surface area contributed by atoms with Crippen molar-refractivity contribution in [3.63, 3.8) is 0 Å². The number of benzene rings is 1. The molecule has 0 unspecified atom stereocenters. The number of carbonyl (C=O) groups excluding carboxylic acids is 1. The summed E-state index contributed by atoms with van der Waals surface area (Å²) < 4.78 is 6.87. The number of ether oxygens (including phenoxy) is 1. The second-order valence-electron chi connectivity index (χ2n) is 6.35. The first-order chi connectivity index (χ1) is 10.3. The van der Waals surface area contributed by atoms with Gasteiger partial charge in [0, 0.05) is 11.0 Å². The molecule has 0 saturated heterocycles. The number of aromatic nitrogens is 3. The van der Waals surface area contributed by atoms with E-state index in [9.17, 15) is 4.79 Å². The van der Waals surface area contributed by atoms with E-state index in [0.29, 0.717) is 12.4 Å². The second-order valence-corrected chi connectivity index (χ2v) is 6.35. The minimum Gasteiger partial charge on any atom is -0.462 e. The first kappa shape index (κ1) is 16.2. The van der Waals surface area contributed by atoms with Gasteiger partial charge in [-0.2, -0.15) is 9.67 Å². The van der Waals surface area contributed by atoms with Crippen LogP contribution >= 0.6 is 0 Å². The molecule has 0 saturated carbocycles. The van der Waals surface area contributed by atoms with E-state index in [1.54, 1.807) is 0 Å². The van der Waals surface area contributed by atoms with Gasteiger partial charge in [0.15, 0.2) is 5.82 Å². The van der Waals surface area contributed by atoms with E-state index in [4.69, 9.17) is 4.74 Å². The van der Waals surface area contributed by atoms with Crippen molar-refractivity contribution in [2.24, 2.45) is 5.41 Å². The minimum atomic E-state index is -0.548. The zero-order valence-electron chi connectivity index (χ0n) is 13.9. The summed E-state index contributed by atoms with van der Waals surface area (Å²) in [6, 6.07) is 8.06. The predicted molar refractivity (Wildman–Crippen MR) is 86.1 cm³/mol. The van der Waals surface area contributed by atoms with Crippen LogP contribution in [0, 0.1) is 12.3 Å². The van der Waals surface area contributed by atoms with Crippen molar-refractivity contribution in [3.05, 3.63) is 29.8 Å². The van der Waals surface area contributed by atoms with Crippen molar-refractivity contribution in [2.75, 3.05) is 6.61 Å². The van der Waals surface area contributed by atoms with Gasteiger partial charge in [0.05, 0.1) is 6.61 Å². The summed E-state index contributed by atoms with van der Waals surface area (Å²) in [5, 5.41) is 4.27. The Bertz CT molecular complexity index is 669. The predicted octanol–water partition coefficient (Wildman–Crippen LogP) is 3.73. The van der Waals surface area contributed by atoms with Crippen molar-refractivity contribution in [1.29, 1.82) is 0 Å². The molecule has 0 fully saturated rings. The third-order valence-corrected chi connectivity index (χ3v) is 3.24. The molecule has 0 N–H and O–H groups in total. The largest absolute Gasteiger partial charge is 0.462 e. The Morgan fingerprint density at radius 1 is 1.27 bits per heavy atom. The standard InChI is InChI=1S/C17H23N3O2/c1-6-11-22-16-18-14(13-10-8-7-9-12(13)2)20(19-16)15(21)17(3,4)5/h7-10H,6,11H2,1-5H3. The molecular formula is C17H23N3O2. The lowest BCUT2D eigenvalue weighted by molar-refractivity contribution is 0.0748. The monoisotopic (exact) mass is 301 g/mol. The number of rotatable bonds is 4. The van der Waals surface area contributed by atoms with Crippen LogP contribution < -0.4 is 4.74 Å². The molecule has 1 heterocycles. The first-order valence-corrected chi connectivity index (χ1v) is 7.55. The van der Waals surface area contributed by atoms with Crippen LogP contribution in [-0.2, 0) is 0 Å². The summed E-state index contributed by atoms with van der Waals surface area (Å²) in [6.07, 6.45) is 0.863. The highest BCUT2D eigenvalue weighted by Gasteiger charge is 2.28. The molecule has 22 heavy (non-hydrogen) atoms. The molecule has 0 atom stereocenters. The third kappa shape index (κ3) is 3.35. The molecular weight excluding hydrogens is 278 g/mol. The quantitative estimate of drug-likeness (QED) is 0.863. The summed E-state index contributed by atoms with van der Waals surface area (Å²) >= 11 is 0. The van der Waals surface area contributed by atoms with Gasteiger partial charge in [0.25, 0.3) is 5.91 Å². The maximum Gasteiger partial charge on any atom is 0.336 e. The van der Waals surface area contributed by atoms with Gasteiger partial charge in [-0.3, -0.25) is 4.79 Å². The smallest absolute Gasteiger partial charge is 0.336 e. The van der Waals surface area contributed by atoms with E-state index in [1.807, 2.05) is 58.9 Å². The van der Waals surface area contributed by atoms with Gasteiger partial charge in [0.1, 0.15) is 0 Å². The zero-order chi connectivity index (χ0) is 16.3. The lowest BCUT2D eigenvalue weighted by Gasteiger charge is -2.17. The van der Waals surface area contributed by atoms with Gasteiger partial charge in [0.2, 0.25) is 0 Å². The summed E-state index contributed by atoms with van der Waals surface area (Å²) in [4.78, 5) is 17.1. The first-order valence-electron chi connectivity index (χ1n) is 7.55. The molecule has 0 aliphatic carbocycles. The van der Waals surface area contributed by atoms with Crippen molar-refractivity contribution >= 4 is 5.91 Å². The molecule has 0 radical (unpaired) electrons. The average molecular weight is 301 g/mol. The molecule has 1 aromatic heterocycles. The van der Waals surface area contributed by atoms with Crippen molar-refractivity contribution in [3.8, 4) is 17.4 Å². The Kier molecular flexibility index (Phi) is 4.64. The number of hydrogen-bond acceptors (Lipinski definition) is 4. The van der Waals surface area contributed by atoms with Gasteiger partial charge in [-0.25, -0.2) is 0 Å². The molecule has 118 valence electrons. The van der Waals surface area contributed by atoms with Crippen molar-refractivity contribution < 1.29 is 9.53 Å². The second kappa shape index (κ2) is 6.30. The molecule has 0 bridgehead atoms. The summed E-state index contributed by atoms with van der Waals surface area (Å²) in [6.45, 7) is 10.1. The highest BCUT2D eigenvalue weighted by atomic mass is 16.5. The molecule has 0 aliphatic rings. The Hall–Kier alpha value is -2.17. The molecule has 2 rings (SSSR count). The van der Waals surface area contributed by atoms with Crippen LogP contribution in [0.1, 0.15) is 44.5 Å². The van der Waals surface area contributed by atoms with E-state index in [2.05, 4.69) is 10.1 Å². The van der Waals surface area contributed by atoms with Crippen molar-refractivity contribution in [2.45, 2.75) is 41.0 Å². The van der Waals surface area contributed by atoms with Gasteiger partial charge in [-0.1, -0.05) is 52.0 Å². The number of carbonyl (C=O) groups is 1. The van der Waals surface area contributed by atoms with Crippen molar-refractivity contribution in [1.82, 2.24) is 14.8 Å². The molecule has 0 amide bonds. The van der Waals surface area contributed by atoms with Gasteiger partial charge in [-0.05, 0) is 18.9 Å². The molecule has 1 aromatic carbocycles. The Morgan fingerprint density at radius 2 is 1.95 bits per heavy atom. The van der Waals surface area contributed by atoms with E-state index in [-0.39, 0.29) is 11.9 Å². The SMILES string of the molecule is CCCOc1nc(-c2ccccc2C)n(C(=O)C(C)(C)C)n1. The van der Waals surface area contributed by atoms with E-state index < -0.39 is 5.41 Å². The number of hydrogen-bond donors (Lipinski definition) is 0. The fourth-order valence-corrected chi connectivity index (χ4v) is 2.01. The fraction of sp³-hybridized carbons (Fsp3) is 0.471. The van der Waals surface area contributed by atoms with Crippen LogP contribution in [0.15, 0.2) is 24.3 Å². The maximum atomic E-state index is 12.7. The van der Waals surface area contributed by atoms with Crippen LogP contribution in [0.2, 0.25) is 0 Å². The molecule has 0 aliphatic heterocycles. The highest BCUT2D eigenvalue weighted by molar-refractivity contribution is 5.86. The van der Waals surface area contributed by atoms with E-state index >= 15 is 0 Å². The molecule has 5 heteroatoms. The Balaban J connectivity index is 2.53. The van der Waals surface area contributed by atoms with Gasteiger partial charge in [-0.15, -0.1) is 5.10 Å². The van der Waals surface area contributed by atoms with Gasteiger partial charge < -0.3 is 4.74 Å². The topological polar surface area (TPSA) is 57.0 Å². The number of aryl methyl sites for hydroxylation is 1. The summed E-state index contributed by atoms with van der Waals surface area (Å²) in [7, 11) is 0. The van der Waals surface area contributed by atoms with Crippen LogP contribution in [0.25, 0.3) is 11.4 Å². The fourth-order valence-electron chi connectivity index (χ4n) is 2.01. The number of nitrogens with zero attached hydrogens (tertiary/aromatic N) is 3. The zero-order valence-corrected chi connectivity index (χ0v) is 13.9. The third-order valence-electron chi connectivity index (χ3n) is 3.24. The molecule has 2 aromatic rings. The molecule has 0 spiro atoms. The summed E-state index contributed by atoms with van der Waals surface area (Å²) in [5.41, 5.74) is 1.38. The highest BCUT2D eigenvalue weighted by Crippen LogP contribution is 2.26. The Morgan fingerprint density at radius 3 is 2.55 bits per heavy atom. The van der Waals surface area contributed by atoms with E-state index in [1.165, 1.54) is 4.68 Å². The van der Waals surface area contributed by atoms with Crippen LogP contribution in [-0.4, -0.2) is 27.3 Å². The lowest BCUT2D eigenvalue weighted by Crippen LogP contribution is -2.28. The van der Waals surface area contributed by atoms with Crippen LogP contribution in [0.3, 0.4) is 0 Å². The minimum absolute atomic E-state index is 0.107. The molecule has 5 nitrogen and oxygen atoms in total. The van der Waals surface area contributed by atoms with Gasteiger partial charge >= 0.3 is 6.01 Å². The lowest BCUT2D eigenvalue weighted by atomic mass is 9.95. The summed E-state index contributed by atoms with van der Waals surface area (Å²) in [5.74, 6) is 0.425.